The molecule has 18 heavy (non-hydrogen) atoms. The van der Waals surface area contributed by atoms with Gasteiger partial charge in [-0.2, -0.15) is 0 Å². The van der Waals surface area contributed by atoms with E-state index in [2.05, 4.69) is 18.7 Å². The Kier molecular flexibility index (Phi) is 6.91. The van der Waals surface area contributed by atoms with E-state index in [0.717, 1.165) is 38.0 Å². The van der Waals surface area contributed by atoms with E-state index >= 15 is 0 Å². The summed E-state index contributed by atoms with van der Waals surface area (Å²) in [5.74, 6) is 0.0438. The largest absolute Gasteiger partial charge is 0.330 e. The summed E-state index contributed by atoms with van der Waals surface area (Å²) in [6.45, 7) is 8.01. The van der Waals surface area contributed by atoms with Crippen molar-refractivity contribution in [2.24, 2.45) is 5.73 Å². The Morgan fingerprint density at radius 2 is 1.89 bits per heavy atom. The number of nitrogens with zero attached hydrogens (tertiary/aromatic N) is 1. The van der Waals surface area contributed by atoms with Gasteiger partial charge in [-0.15, -0.1) is 0 Å². The third kappa shape index (κ3) is 4.75. The van der Waals surface area contributed by atoms with Crippen molar-refractivity contribution >= 4 is 0 Å². The van der Waals surface area contributed by atoms with Crippen LogP contribution in [0.3, 0.4) is 0 Å². The Hall–Kier alpha value is -0.930. The maximum Gasteiger partial charge on any atom is 0.123 e. The van der Waals surface area contributed by atoms with Gasteiger partial charge in [-0.25, -0.2) is 4.39 Å². The first kappa shape index (κ1) is 15.1. The van der Waals surface area contributed by atoms with Crippen LogP contribution in [0.15, 0.2) is 24.3 Å². The number of rotatable bonds is 8. The summed E-state index contributed by atoms with van der Waals surface area (Å²) in [5.41, 5.74) is 6.86. The molecule has 2 nitrogen and oxygen atoms in total. The summed E-state index contributed by atoms with van der Waals surface area (Å²) in [4.78, 5) is 2.42. The van der Waals surface area contributed by atoms with Crippen molar-refractivity contribution in [2.45, 2.75) is 32.6 Å². The van der Waals surface area contributed by atoms with E-state index in [4.69, 9.17) is 5.73 Å². The molecule has 0 saturated heterocycles. The normalized spacial score (nSPS) is 12.9. The summed E-state index contributed by atoms with van der Waals surface area (Å²) >= 11 is 0. The van der Waals surface area contributed by atoms with Crippen LogP contribution in [0.4, 0.5) is 4.39 Å². The lowest BCUT2D eigenvalue weighted by atomic mass is 9.98. The van der Waals surface area contributed by atoms with Gasteiger partial charge >= 0.3 is 0 Å². The van der Waals surface area contributed by atoms with E-state index in [1.165, 1.54) is 6.07 Å². The van der Waals surface area contributed by atoms with Crippen LogP contribution >= 0.6 is 0 Å². The average molecular weight is 252 g/mol. The highest BCUT2D eigenvalue weighted by atomic mass is 19.1. The minimum Gasteiger partial charge on any atom is -0.330 e. The van der Waals surface area contributed by atoms with E-state index in [9.17, 15) is 4.39 Å². The number of benzene rings is 1. The topological polar surface area (TPSA) is 29.3 Å². The zero-order valence-electron chi connectivity index (χ0n) is 11.5. The van der Waals surface area contributed by atoms with Crippen molar-refractivity contribution in [3.63, 3.8) is 0 Å². The smallest absolute Gasteiger partial charge is 0.123 e. The summed E-state index contributed by atoms with van der Waals surface area (Å²) < 4.78 is 13.2. The maximum absolute atomic E-state index is 13.2. The summed E-state index contributed by atoms with van der Waals surface area (Å²) in [6, 6.07) is 6.81. The predicted octanol–water partition coefficient (Wildman–Crippen LogP) is 2.99. The molecule has 0 aliphatic heterocycles. The second kappa shape index (κ2) is 8.22. The van der Waals surface area contributed by atoms with Gasteiger partial charge in [0.05, 0.1) is 0 Å². The number of hydrogen-bond acceptors (Lipinski definition) is 2. The maximum atomic E-state index is 13.2. The standard InChI is InChI=1S/C15H25FN2/c1-3-8-18(9-4-2)12-14(11-17)13-6-5-7-15(16)10-13/h5-7,10,14H,3-4,8-9,11-12,17H2,1-2H3. The lowest BCUT2D eigenvalue weighted by molar-refractivity contribution is 0.258. The van der Waals surface area contributed by atoms with Gasteiger partial charge in [-0.3, -0.25) is 0 Å². The zero-order chi connectivity index (χ0) is 13.4. The average Bonchev–Trinajstić information content (AvgIpc) is 2.36. The molecule has 0 bridgehead atoms. The van der Waals surface area contributed by atoms with Crippen LogP contribution in [0.2, 0.25) is 0 Å². The fourth-order valence-corrected chi connectivity index (χ4v) is 2.32. The van der Waals surface area contributed by atoms with Crippen LogP contribution in [0.1, 0.15) is 38.2 Å². The van der Waals surface area contributed by atoms with Crippen LogP contribution in [0.25, 0.3) is 0 Å². The van der Waals surface area contributed by atoms with Gasteiger partial charge in [0.15, 0.2) is 0 Å². The second-order valence-electron chi connectivity index (χ2n) is 4.79. The molecule has 1 unspecified atom stereocenters. The number of hydrogen-bond donors (Lipinski definition) is 1. The molecule has 0 fully saturated rings. The minimum absolute atomic E-state index is 0.177. The van der Waals surface area contributed by atoms with Gasteiger partial charge < -0.3 is 10.6 Å². The molecule has 0 saturated carbocycles. The SMILES string of the molecule is CCCN(CCC)CC(CN)c1cccc(F)c1. The molecule has 1 atom stereocenters. The number of halogens is 1. The highest BCUT2D eigenvalue weighted by Crippen LogP contribution is 2.17. The van der Waals surface area contributed by atoms with Crippen molar-refractivity contribution in [3.05, 3.63) is 35.6 Å². The van der Waals surface area contributed by atoms with Crippen LogP contribution in [0.5, 0.6) is 0 Å². The molecule has 0 amide bonds. The second-order valence-corrected chi connectivity index (χ2v) is 4.79. The quantitative estimate of drug-likeness (QED) is 0.770. The summed E-state index contributed by atoms with van der Waals surface area (Å²) in [5, 5.41) is 0. The third-order valence-electron chi connectivity index (χ3n) is 3.16. The first-order valence-corrected chi connectivity index (χ1v) is 6.89. The van der Waals surface area contributed by atoms with Crippen LogP contribution in [-0.4, -0.2) is 31.1 Å². The van der Waals surface area contributed by atoms with Gasteiger partial charge in [-0.05, 0) is 43.6 Å². The molecular formula is C15H25FN2. The Morgan fingerprint density at radius 1 is 1.22 bits per heavy atom. The zero-order valence-corrected chi connectivity index (χ0v) is 11.5. The molecule has 0 aromatic heterocycles. The van der Waals surface area contributed by atoms with Crippen molar-refractivity contribution in [1.29, 1.82) is 0 Å². The molecule has 1 aromatic rings. The van der Waals surface area contributed by atoms with Gasteiger partial charge in [0, 0.05) is 19.0 Å². The van der Waals surface area contributed by atoms with Crippen molar-refractivity contribution in [2.75, 3.05) is 26.2 Å². The Balaban J connectivity index is 2.70. The van der Waals surface area contributed by atoms with Crippen molar-refractivity contribution in [1.82, 2.24) is 4.90 Å². The molecule has 0 heterocycles. The van der Waals surface area contributed by atoms with Crippen LogP contribution < -0.4 is 5.73 Å². The Bertz CT molecular complexity index is 335. The van der Waals surface area contributed by atoms with Crippen LogP contribution in [0, 0.1) is 5.82 Å². The minimum atomic E-state index is -0.177. The Morgan fingerprint density at radius 3 is 2.39 bits per heavy atom. The number of nitrogens with two attached hydrogens (primary N) is 1. The molecule has 102 valence electrons. The fraction of sp³-hybridized carbons (Fsp3) is 0.600. The van der Waals surface area contributed by atoms with Gasteiger partial charge in [-0.1, -0.05) is 26.0 Å². The van der Waals surface area contributed by atoms with Gasteiger partial charge in [0.25, 0.3) is 0 Å². The molecule has 1 aromatic carbocycles. The molecule has 0 spiro atoms. The van der Waals surface area contributed by atoms with E-state index in [1.807, 2.05) is 6.07 Å². The van der Waals surface area contributed by atoms with Gasteiger partial charge in [0.1, 0.15) is 5.82 Å². The Labute approximate surface area is 110 Å². The first-order chi connectivity index (χ1) is 8.71. The lowest BCUT2D eigenvalue weighted by Gasteiger charge is -2.26. The lowest BCUT2D eigenvalue weighted by Crippen LogP contribution is -2.33. The highest BCUT2D eigenvalue weighted by Gasteiger charge is 2.14. The van der Waals surface area contributed by atoms with E-state index in [1.54, 1.807) is 12.1 Å². The first-order valence-electron chi connectivity index (χ1n) is 6.89. The van der Waals surface area contributed by atoms with Crippen molar-refractivity contribution in [3.8, 4) is 0 Å². The molecular weight excluding hydrogens is 227 g/mol. The van der Waals surface area contributed by atoms with Crippen LogP contribution in [-0.2, 0) is 0 Å². The van der Waals surface area contributed by atoms with E-state index in [0.29, 0.717) is 6.54 Å². The molecule has 2 N–H and O–H groups in total. The summed E-state index contributed by atoms with van der Waals surface area (Å²) in [6.07, 6.45) is 2.28. The summed E-state index contributed by atoms with van der Waals surface area (Å²) in [7, 11) is 0. The monoisotopic (exact) mass is 252 g/mol. The molecule has 3 heteroatoms. The van der Waals surface area contributed by atoms with E-state index in [-0.39, 0.29) is 11.7 Å². The van der Waals surface area contributed by atoms with Crippen molar-refractivity contribution < 1.29 is 4.39 Å². The highest BCUT2D eigenvalue weighted by molar-refractivity contribution is 5.21. The molecule has 0 aliphatic rings. The molecule has 1 rings (SSSR count). The third-order valence-corrected chi connectivity index (χ3v) is 3.16. The predicted molar refractivity (Wildman–Crippen MR) is 75.2 cm³/mol. The molecule has 0 aliphatic carbocycles. The fourth-order valence-electron chi connectivity index (χ4n) is 2.32. The van der Waals surface area contributed by atoms with Gasteiger partial charge in [0.2, 0.25) is 0 Å². The molecule has 0 radical (unpaired) electrons. The van der Waals surface area contributed by atoms with E-state index < -0.39 is 0 Å².